The molecule has 0 spiro atoms. The monoisotopic (exact) mass is 331 g/mol. The lowest BCUT2D eigenvalue weighted by atomic mass is 9.96. The Kier molecular flexibility index (Phi) is 5.99. The van der Waals surface area contributed by atoms with Crippen LogP contribution in [0.5, 0.6) is 5.75 Å². The van der Waals surface area contributed by atoms with Gasteiger partial charge in [-0.25, -0.2) is 0 Å². The van der Waals surface area contributed by atoms with Crippen LogP contribution >= 0.6 is 0 Å². The highest BCUT2D eigenvalue weighted by Gasteiger charge is 2.22. The molecule has 1 N–H and O–H groups in total. The molecule has 1 aromatic carbocycles. The zero-order valence-electron chi connectivity index (χ0n) is 15.6. The summed E-state index contributed by atoms with van der Waals surface area (Å²) in [7, 11) is 0. The first-order valence-electron chi connectivity index (χ1n) is 8.55. The van der Waals surface area contributed by atoms with Gasteiger partial charge < -0.3 is 14.6 Å². The van der Waals surface area contributed by atoms with Crippen molar-refractivity contribution in [3.8, 4) is 5.75 Å². The summed E-state index contributed by atoms with van der Waals surface area (Å²) in [6, 6.07) is 8.17. The van der Waals surface area contributed by atoms with Gasteiger partial charge in [-0.15, -0.1) is 0 Å². The third-order valence-corrected chi connectivity index (χ3v) is 3.60. The summed E-state index contributed by atoms with van der Waals surface area (Å²) < 4.78 is 11.1. The van der Waals surface area contributed by atoms with Gasteiger partial charge in [-0.2, -0.15) is 4.98 Å². The lowest BCUT2D eigenvalue weighted by Gasteiger charge is -2.12. The Balaban J connectivity index is 1.87. The van der Waals surface area contributed by atoms with Crippen LogP contribution in [0.3, 0.4) is 0 Å². The van der Waals surface area contributed by atoms with E-state index in [0.29, 0.717) is 11.8 Å². The Bertz CT molecular complexity index is 627. The van der Waals surface area contributed by atoms with Crippen LogP contribution < -0.4 is 10.1 Å². The van der Waals surface area contributed by atoms with E-state index in [1.165, 1.54) is 5.56 Å². The zero-order valence-corrected chi connectivity index (χ0v) is 15.6. The van der Waals surface area contributed by atoms with Gasteiger partial charge in [-0.1, -0.05) is 51.9 Å². The minimum absolute atomic E-state index is 0.00506. The molecule has 132 valence electrons. The standard InChI is InChI=1S/C19H29N3O2/c1-13(2)12-23-16-9-7-15(8-10-16)11-20-14(3)17-21-18(22-24-17)19(4,5)6/h7-10,13-14,20H,11-12H2,1-6H3. The molecule has 0 amide bonds. The Morgan fingerprint density at radius 2 is 1.79 bits per heavy atom. The summed E-state index contributed by atoms with van der Waals surface area (Å²) >= 11 is 0. The quantitative estimate of drug-likeness (QED) is 0.822. The highest BCUT2D eigenvalue weighted by molar-refractivity contribution is 5.27. The van der Waals surface area contributed by atoms with E-state index < -0.39 is 0 Å². The zero-order chi connectivity index (χ0) is 17.7. The van der Waals surface area contributed by atoms with E-state index >= 15 is 0 Å². The van der Waals surface area contributed by atoms with Gasteiger partial charge in [-0.3, -0.25) is 0 Å². The number of nitrogens with zero attached hydrogens (tertiary/aromatic N) is 2. The summed E-state index contributed by atoms with van der Waals surface area (Å²) in [6.07, 6.45) is 0. The second-order valence-electron chi connectivity index (χ2n) is 7.66. The van der Waals surface area contributed by atoms with Gasteiger partial charge >= 0.3 is 0 Å². The summed E-state index contributed by atoms with van der Waals surface area (Å²) in [6.45, 7) is 14.0. The molecule has 2 aromatic rings. The van der Waals surface area contributed by atoms with Gasteiger partial charge in [0.25, 0.3) is 0 Å². The Morgan fingerprint density at radius 3 is 2.33 bits per heavy atom. The van der Waals surface area contributed by atoms with Crippen LogP contribution in [0.2, 0.25) is 0 Å². The molecule has 0 aliphatic heterocycles. The summed E-state index contributed by atoms with van der Waals surface area (Å²) in [5, 5.41) is 7.48. The van der Waals surface area contributed by atoms with Crippen molar-refractivity contribution < 1.29 is 9.26 Å². The summed E-state index contributed by atoms with van der Waals surface area (Å²) in [5.74, 6) is 2.79. The van der Waals surface area contributed by atoms with E-state index in [0.717, 1.165) is 24.7 Å². The smallest absolute Gasteiger partial charge is 0.243 e. The fraction of sp³-hybridized carbons (Fsp3) is 0.579. The van der Waals surface area contributed by atoms with E-state index in [2.05, 4.69) is 62.2 Å². The fourth-order valence-corrected chi connectivity index (χ4v) is 2.04. The number of ether oxygens (including phenoxy) is 1. The van der Waals surface area contributed by atoms with E-state index in [-0.39, 0.29) is 11.5 Å². The molecule has 0 radical (unpaired) electrons. The molecule has 0 aliphatic carbocycles. The van der Waals surface area contributed by atoms with Crippen LogP contribution in [0.4, 0.5) is 0 Å². The predicted octanol–water partition coefficient (Wildman–Crippen LogP) is 4.25. The highest BCUT2D eigenvalue weighted by Crippen LogP contribution is 2.21. The molecular formula is C19H29N3O2. The average Bonchev–Trinajstić information content (AvgIpc) is 3.02. The molecular weight excluding hydrogens is 302 g/mol. The summed E-state index contributed by atoms with van der Waals surface area (Å²) in [4.78, 5) is 4.49. The molecule has 5 heteroatoms. The van der Waals surface area contributed by atoms with Gasteiger partial charge in [-0.05, 0) is 30.5 Å². The normalized spacial score (nSPS) is 13.3. The van der Waals surface area contributed by atoms with Gasteiger partial charge in [0.05, 0.1) is 12.6 Å². The van der Waals surface area contributed by atoms with Crippen LogP contribution in [0.25, 0.3) is 0 Å². The Morgan fingerprint density at radius 1 is 1.12 bits per heavy atom. The minimum Gasteiger partial charge on any atom is -0.493 e. The number of aromatic nitrogens is 2. The van der Waals surface area contributed by atoms with Crippen LogP contribution in [0, 0.1) is 5.92 Å². The van der Waals surface area contributed by atoms with Gasteiger partial charge in [0.2, 0.25) is 5.89 Å². The highest BCUT2D eigenvalue weighted by atomic mass is 16.5. The first kappa shape index (κ1) is 18.5. The molecule has 0 saturated carbocycles. The molecule has 0 bridgehead atoms. The first-order valence-corrected chi connectivity index (χ1v) is 8.55. The maximum atomic E-state index is 5.70. The molecule has 0 fully saturated rings. The SMILES string of the molecule is CC(C)COc1ccc(CNC(C)c2nc(C(C)(C)C)no2)cc1. The molecule has 1 heterocycles. The molecule has 5 nitrogen and oxygen atoms in total. The maximum absolute atomic E-state index is 5.70. The van der Waals surface area contributed by atoms with Gasteiger partial charge in [0, 0.05) is 12.0 Å². The fourth-order valence-electron chi connectivity index (χ4n) is 2.04. The van der Waals surface area contributed by atoms with Crippen molar-refractivity contribution in [3.05, 3.63) is 41.5 Å². The molecule has 2 rings (SSSR count). The second-order valence-corrected chi connectivity index (χ2v) is 7.66. The molecule has 1 unspecified atom stereocenters. The van der Waals surface area contributed by atoms with Crippen LogP contribution in [-0.2, 0) is 12.0 Å². The maximum Gasteiger partial charge on any atom is 0.243 e. The predicted molar refractivity (Wildman–Crippen MR) is 95.0 cm³/mol. The molecule has 24 heavy (non-hydrogen) atoms. The topological polar surface area (TPSA) is 60.2 Å². The second kappa shape index (κ2) is 7.79. The third-order valence-electron chi connectivity index (χ3n) is 3.60. The largest absolute Gasteiger partial charge is 0.493 e. The summed E-state index contributed by atoms with van der Waals surface area (Å²) in [5.41, 5.74) is 1.09. The lowest BCUT2D eigenvalue weighted by molar-refractivity contribution is 0.271. The number of hydrogen-bond donors (Lipinski definition) is 1. The Hall–Kier alpha value is -1.88. The van der Waals surface area contributed by atoms with Crippen molar-refractivity contribution in [1.29, 1.82) is 0 Å². The van der Waals surface area contributed by atoms with Crippen molar-refractivity contribution in [1.82, 2.24) is 15.5 Å². The lowest BCUT2D eigenvalue weighted by Crippen LogP contribution is -2.19. The van der Waals surface area contributed by atoms with Crippen molar-refractivity contribution in [2.45, 2.75) is 59.5 Å². The molecule has 1 aromatic heterocycles. The Labute approximate surface area is 144 Å². The van der Waals surface area contributed by atoms with Crippen LogP contribution in [0.1, 0.15) is 64.9 Å². The van der Waals surface area contributed by atoms with E-state index in [1.807, 2.05) is 19.1 Å². The van der Waals surface area contributed by atoms with Crippen molar-refractivity contribution in [2.24, 2.45) is 5.92 Å². The average molecular weight is 331 g/mol. The first-order chi connectivity index (χ1) is 11.3. The van der Waals surface area contributed by atoms with Crippen molar-refractivity contribution >= 4 is 0 Å². The molecule has 0 aliphatic rings. The minimum atomic E-state index is -0.104. The van der Waals surface area contributed by atoms with Crippen LogP contribution in [0.15, 0.2) is 28.8 Å². The van der Waals surface area contributed by atoms with E-state index in [4.69, 9.17) is 9.26 Å². The third kappa shape index (κ3) is 5.34. The van der Waals surface area contributed by atoms with Gasteiger partial charge in [0.1, 0.15) is 5.75 Å². The molecule has 0 saturated heterocycles. The number of nitrogens with one attached hydrogen (secondary N) is 1. The van der Waals surface area contributed by atoms with E-state index in [9.17, 15) is 0 Å². The van der Waals surface area contributed by atoms with Gasteiger partial charge in [0.15, 0.2) is 5.82 Å². The van der Waals surface area contributed by atoms with Crippen LogP contribution in [-0.4, -0.2) is 16.7 Å². The number of hydrogen-bond acceptors (Lipinski definition) is 5. The van der Waals surface area contributed by atoms with Crippen molar-refractivity contribution in [2.75, 3.05) is 6.61 Å². The molecule has 1 atom stereocenters. The van der Waals surface area contributed by atoms with Crippen molar-refractivity contribution in [3.63, 3.8) is 0 Å². The number of rotatable bonds is 7. The number of benzene rings is 1. The van der Waals surface area contributed by atoms with E-state index in [1.54, 1.807) is 0 Å².